The quantitative estimate of drug-likeness (QED) is 0.522. The minimum Gasteiger partial charge on any atom is -0.356 e. The lowest BCUT2D eigenvalue weighted by Crippen LogP contribution is -2.27. The molecule has 0 saturated heterocycles. The third-order valence-electron chi connectivity index (χ3n) is 2.68. The average molecular weight is 181 g/mol. The van der Waals surface area contributed by atoms with Gasteiger partial charge in [-0.05, 0) is 25.2 Å². The summed E-state index contributed by atoms with van der Waals surface area (Å²) in [5.41, 5.74) is 0.255. The van der Waals surface area contributed by atoms with Gasteiger partial charge in [0, 0.05) is 12.5 Å². The summed E-state index contributed by atoms with van der Waals surface area (Å²) in [4.78, 5) is 11.4. The molecule has 1 aliphatic rings. The molecule has 0 spiro atoms. The fourth-order valence-electron chi connectivity index (χ4n) is 1.48. The van der Waals surface area contributed by atoms with Crippen molar-refractivity contribution in [3.63, 3.8) is 0 Å². The van der Waals surface area contributed by atoms with E-state index in [4.69, 9.17) is 0 Å². The Morgan fingerprint density at radius 3 is 2.69 bits per heavy atom. The van der Waals surface area contributed by atoms with E-state index in [1.165, 1.54) is 0 Å². The Morgan fingerprint density at radius 1 is 1.62 bits per heavy atom. The van der Waals surface area contributed by atoms with Crippen molar-refractivity contribution >= 4 is 5.91 Å². The van der Waals surface area contributed by atoms with E-state index in [0.717, 1.165) is 19.4 Å². The Kier molecular flexibility index (Phi) is 3.12. The van der Waals surface area contributed by atoms with E-state index in [1.54, 1.807) is 0 Å². The summed E-state index contributed by atoms with van der Waals surface area (Å²) in [6, 6.07) is 0. The summed E-state index contributed by atoms with van der Waals surface area (Å²) in [6.07, 6.45) is 6.06. The Hall–Kier alpha value is -0.790. The smallest absolute Gasteiger partial charge is 0.223 e. The summed E-state index contributed by atoms with van der Waals surface area (Å²) in [5, 5.41) is 2.94. The standard InChI is InChI=1S/C11H19NO/c1-4-5-6-7-12-10(13)9-8-11(9,2)3/h4-5,9H,6-8H2,1-3H3,(H,12,13)/b5-4+. The van der Waals surface area contributed by atoms with Gasteiger partial charge in [-0.3, -0.25) is 4.79 Å². The number of nitrogens with one attached hydrogen (secondary N) is 1. The lowest BCUT2D eigenvalue weighted by Gasteiger charge is -2.04. The van der Waals surface area contributed by atoms with E-state index in [-0.39, 0.29) is 17.2 Å². The summed E-state index contributed by atoms with van der Waals surface area (Å²) < 4.78 is 0. The van der Waals surface area contributed by atoms with Crippen LogP contribution in [-0.4, -0.2) is 12.5 Å². The van der Waals surface area contributed by atoms with Crippen molar-refractivity contribution in [2.75, 3.05) is 6.54 Å². The highest BCUT2D eigenvalue weighted by Gasteiger charge is 2.50. The topological polar surface area (TPSA) is 29.1 Å². The highest BCUT2D eigenvalue weighted by molar-refractivity contribution is 5.82. The number of rotatable bonds is 4. The molecule has 0 bridgehead atoms. The van der Waals surface area contributed by atoms with Crippen LogP contribution in [0.15, 0.2) is 12.2 Å². The molecule has 0 aromatic heterocycles. The second-order valence-corrected chi connectivity index (χ2v) is 4.39. The molecule has 0 radical (unpaired) electrons. The van der Waals surface area contributed by atoms with Gasteiger partial charge < -0.3 is 5.32 Å². The van der Waals surface area contributed by atoms with Gasteiger partial charge >= 0.3 is 0 Å². The van der Waals surface area contributed by atoms with E-state index in [1.807, 2.05) is 13.0 Å². The first-order valence-corrected chi connectivity index (χ1v) is 4.97. The molecule has 2 heteroatoms. The van der Waals surface area contributed by atoms with Gasteiger partial charge in [-0.1, -0.05) is 26.0 Å². The van der Waals surface area contributed by atoms with E-state index in [9.17, 15) is 4.79 Å². The molecule has 0 aliphatic heterocycles. The van der Waals surface area contributed by atoms with Gasteiger partial charge in [-0.25, -0.2) is 0 Å². The molecule has 0 aromatic rings. The third kappa shape index (κ3) is 2.87. The Bertz CT molecular complexity index is 218. The van der Waals surface area contributed by atoms with Crippen molar-refractivity contribution in [2.45, 2.75) is 33.6 Å². The first kappa shape index (κ1) is 10.3. The Labute approximate surface area is 80.4 Å². The fourth-order valence-corrected chi connectivity index (χ4v) is 1.48. The van der Waals surface area contributed by atoms with Crippen molar-refractivity contribution < 1.29 is 4.79 Å². The molecule has 1 amide bonds. The summed E-state index contributed by atoms with van der Waals surface area (Å²) in [6.45, 7) is 7.05. The van der Waals surface area contributed by atoms with Crippen LogP contribution in [0.25, 0.3) is 0 Å². The molecule has 74 valence electrons. The number of amides is 1. The van der Waals surface area contributed by atoms with E-state index < -0.39 is 0 Å². The highest BCUT2D eigenvalue weighted by atomic mass is 16.2. The zero-order valence-electron chi connectivity index (χ0n) is 8.76. The minimum absolute atomic E-state index is 0.231. The molecule has 1 aliphatic carbocycles. The molecular weight excluding hydrogens is 162 g/mol. The van der Waals surface area contributed by atoms with Gasteiger partial charge in [0.2, 0.25) is 5.91 Å². The third-order valence-corrected chi connectivity index (χ3v) is 2.68. The maximum absolute atomic E-state index is 11.4. The lowest BCUT2D eigenvalue weighted by atomic mass is 10.1. The lowest BCUT2D eigenvalue weighted by molar-refractivity contribution is -0.122. The molecule has 1 rings (SSSR count). The molecule has 0 aromatic carbocycles. The van der Waals surface area contributed by atoms with Crippen molar-refractivity contribution in [3.05, 3.63) is 12.2 Å². The number of carbonyl (C=O) groups excluding carboxylic acids is 1. The zero-order chi connectivity index (χ0) is 9.90. The largest absolute Gasteiger partial charge is 0.356 e. The van der Waals surface area contributed by atoms with E-state index in [2.05, 4.69) is 25.2 Å². The average Bonchev–Trinajstić information content (AvgIpc) is 2.69. The monoisotopic (exact) mass is 181 g/mol. The molecule has 13 heavy (non-hydrogen) atoms. The normalized spacial score (nSPS) is 24.7. The summed E-state index contributed by atoms with van der Waals surface area (Å²) in [7, 11) is 0. The van der Waals surface area contributed by atoms with Crippen LogP contribution in [0.3, 0.4) is 0 Å². The first-order valence-electron chi connectivity index (χ1n) is 4.97. The second-order valence-electron chi connectivity index (χ2n) is 4.39. The van der Waals surface area contributed by atoms with Crippen LogP contribution in [0.4, 0.5) is 0 Å². The number of carbonyl (C=O) groups is 1. The van der Waals surface area contributed by atoms with Gasteiger partial charge in [-0.15, -0.1) is 0 Å². The van der Waals surface area contributed by atoms with Gasteiger partial charge in [0.05, 0.1) is 0 Å². The number of hydrogen-bond donors (Lipinski definition) is 1. The van der Waals surface area contributed by atoms with Crippen molar-refractivity contribution in [1.29, 1.82) is 0 Å². The molecule has 1 atom stereocenters. The molecular formula is C11H19NO. The molecule has 1 N–H and O–H groups in total. The minimum atomic E-state index is 0.231. The molecule has 1 unspecified atom stereocenters. The van der Waals surface area contributed by atoms with Crippen LogP contribution in [0.1, 0.15) is 33.6 Å². The Morgan fingerprint density at radius 2 is 2.23 bits per heavy atom. The molecule has 0 heterocycles. The van der Waals surface area contributed by atoms with Crippen LogP contribution >= 0.6 is 0 Å². The molecule has 1 saturated carbocycles. The van der Waals surface area contributed by atoms with Crippen LogP contribution in [0.5, 0.6) is 0 Å². The van der Waals surface area contributed by atoms with Gasteiger partial charge in [0.15, 0.2) is 0 Å². The first-order chi connectivity index (χ1) is 6.08. The maximum atomic E-state index is 11.4. The van der Waals surface area contributed by atoms with Gasteiger partial charge in [0.1, 0.15) is 0 Å². The second kappa shape index (κ2) is 3.95. The predicted octanol–water partition coefficient (Wildman–Crippen LogP) is 2.11. The van der Waals surface area contributed by atoms with Crippen LogP contribution in [0, 0.1) is 11.3 Å². The maximum Gasteiger partial charge on any atom is 0.223 e. The number of hydrogen-bond acceptors (Lipinski definition) is 1. The molecule has 2 nitrogen and oxygen atoms in total. The van der Waals surface area contributed by atoms with Crippen LogP contribution < -0.4 is 5.32 Å². The molecule has 1 fully saturated rings. The Balaban J connectivity index is 2.13. The van der Waals surface area contributed by atoms with Gasteiger partial charge in [0.25, 0.3) is 0 Å². The van der Waals surface area contributed by atoms with Gasteiger partial charge in [-0.2, -0.15) is 0 Å². The SMILES string of the molecule is C/C=C/CCNC(=O)C1CC1(C)C. The van der Waals surface area contributed by atoms with Crippen molar-refractivity contribution in [2.24, 2.45) is 11.3 Å². The van der Waals surface area contributed by atoms with E-state index in [0.29, 0.717) is 0 Å². The summed E-state index contributed by atoms with van der Waals surface area (Å²) in [5.74, 6) is 0.493. The van der Waals surface area contributed by atoms with Crippen molar-refractivity contribution in [1.82, 2.24) is 5.32 Å². The summed E-state index contributed by atoms with van der Waals surface area (Å²) >= 11 is 0. The highest BCUT2D eigenvalue weighted by Crippen LogP contribution is 2.51. The zero-order valence-corrected chi connectivity index (χ0v) is 8.76. The van der Waals surface area contributed by atoms with Crippen LogP contribution in [-0.2, 0) is 4.79 Å². The fraction of sp³-hybridized carbons (Fsp3) is 0.727. The predicted molar refractivity (Wildman–Crippen MR) is 54.3 cm³/mol. The number of allylic oxidation sites excluding steroid dienone is 1. The van der Waals surface area contributed by atoms with Crippen molar-refractivity contribution in [3.8, 4) is 0 Å². The van der Waals surface area contributed by atoms with Crippen LogP contribution in [0.2, 0.25) is 0 Å². The van der Waals surface area contributed by atoms with E-state index >= 15 is 0 Å².